The fourth-order valence-corrected chi connectivity index (χ4v) is 5.33. The van der Waals surface area contributed by atoms with Gasteiger partial charge in [0.1, 0.15) is 5.75 Å². The van der Waals surface area contributed by atoms with Gasteiger partial charge in [0.05, 0.1) is 0 Å². The molecular weight excluding hydrogens is 464 g/mol. The standard InChI is InChI=1S/C35H42N2O/c1-7-28-9-8-10-31(22-28)30-13-15-33(16-14-30)37(20-19-36-18-17-26(2)25-36)27(3)21-29-11-12-32(34(38)23-29)24-35(4,5)6/h1,8-16,22-23,26,38H,3,17-21,24-25H2,2,4-6H3. The number of rotatable bonds is 9. The van der Waals surface area contributed by atoms with Crippen molar-refractivity contribution in [2.45, 2.75) is 47.0 Å². The Balaban J connectivity index is 1.54. The predicted octanol–water partition coefficient (Wildman–Crippen LogP) is 7.53. The van der Waals surface area contributed by atoms with E-state index < -0.39 is 0 Å². The molecule has 0 saturated carbocycles. The van der Waals surface area contributed by atoms with Crippen LogP contribution in [0.15, 0.2) is 79.0 Å². The second-order valence-corrected chi connectivity index (χ2v) is 12.1. The van der Waals surface area contributed by atoms with Crippen LogP contribution in [0.4, 0.5) is 5.69 Å². The zero-order valence-corrected chi connectivity index (χ0v) is 23.5. The van der Waals surface area contributed by atoms with E-state index in [4.69, 9.17) is 6.42 Å². The lowest BCUT2D eigenvalue weighted by atomic mass is 9.87. The van der Waals surface area contributed by atoms with Gasteiger partial charge >= 0.3 is 0 Å². The third-order valence-corrected chi connectivity index (χ3v) is 7.35. The highest BCUT2D eigenvalue weighted by Gasteiger charge is 2.21. The van der Waals surface area contributed by atoms with E-state index in [1.54, 1.807) is 0 Å². The van der Waals surface area contributed by atoms with Gasteiger partial charge in [-0.15, -0.1) is 6.42 Å². The molecule has 3 aromatic carbocycles. The summed E-state index contributed by atoms with van der Waals surface area (Å²) in [6.45, 7) is 17.6. The summed E-state index contributed by atoms with van der Waals surface area (Å²) in [6.07, 6.45) is 8.41. The minimum atomic E-state index is 0.126. The van der Waals surface area contributed by atoms with Crippen LogP contribution in [0.25, 0.3) is 11.1 Å². The van der Waals surface area contributed by atoms with Crippen LogP contribution >= 0.6 is 0 Å². The number of benzene rings is 3. The average Bonchev–Trinajstić information content (AvgIpc) is 3.30. The zero-order chi connectivity index (χ0) is 27.3. The lowest BCUT2D eigenvalue weighted by Crippen LogP contribution is -2.34. The Kier molecular flexibility index (Phi) is 8.65. The van der Waals surface area contributed by atoms with Gasteiger partial charge in [0, 0.05) is 43.0 Å². The third kappa shape index (κ3) is 7.30. The first-order chi connectivity index (χ1) is 18.1. The van der Waals surface area contributed by atoms with E-state index in [2.05, 4.69) is 98.5 Å². The molecule has 0 radical (unpaired) electrons. The summed E-state index contributed by atoms with van der Waals surface area (Å²) in [4.78, 5) is 4.89. The van der Waals surface area contributed by atoms with E-state index in [9.17, 15) is 5.11 Å². The van der Waals surface area contributed by atoms with Gasteiger partial charge in [0.15, 0.2) is 0 Å². The number of anilines is 1. The quantitative estimate of drug-likeness (QED) is 0.304. The predicted molar refractivity (Wildman–Crippen MR) is 161 cm³/mol. The van der Waals surface area contributed by atoms with Crippen LogP contribution in [0.5, 0.6) is 5.75 Å². The fraction of sp³-hybridized carbons (Fsp3) is 0.371. The van der Waals surface area contributed by atoms with Gasteiger partial charge in [0.2, 0.25) is 0 Å². The SMILES string of the molecule is C#Cc1cccc(-c2ccc(N(CCN3CCC(C)C3)C(=C)Cc3ccc(CC(C)(C)C)c(O)c3)cc2)c1. The van der Waals surface area contributed by atoms with Crippen LogP contribution in [0, 0.1) is 23.7 Å². The molecule has 0 amide bonds. The molecule has 1 aliphatic rings. The number of hydrogen-bond donors (Lipinski definition) is 1. The van der Waals surface area contributed by atoms with Crippen molar-refractivity contribution in [3.8, 4) is 29.2 Å². The molecule has 3 nitrogen and oxygen atoms in total. The Labute approximate surface area is 229 Å². The molecule has 1 fully saturated rings. The Bertz CT molecular complexity index is 1290. The van der Waals surface area contributed by atoms with E-state index in [-0.39, 0.29) is 5.41 Å². The summed E-state index contributed by atoms with van der Waals surface area (Å²) >= 11 is 0. The van der Waals surface area contributed by atoms with Gasteiger partial charge in [-0.2, -0.15) is 0 Å². The van der Waals surface area contributed by atoms with Crippen molar-refractivity contribution < 1.29 is 5.11 Å². The van der Waals surface area contributed by atoms with Crippen molar-refractivity contribution in [1.82, 2.24) is 4.90 Å². The van der Waals surface area contributed by atoms with Crippen LogP contribution in [-0.2, 0) is 12.8 Å². The average molecular weight is 507 g/mol. The van der Waals surface area contributed by atoms with E-state index >= 15 is 0 Å². The Morgan fingerprint density at radius 3 is 2.47 bits per heavy atom. The van der Waals surface area contributed by atoms with Gasteiger partial charge in [-0.1, -0.05) is 76.6 Å². The maximum atomic E-state index is 10.7. The molecule has 1 heterocycles. The van der Waals surface area contributed by atoms with Crippen LogP contribution in [-0.4, -0.2) is 36.2 Å². The largest absolute Gasteiger partial charge is 0.508 e. The van der Waals surface area contributed by atoms with Crippen molar-refractivity contribution in [3.63, 3.8) is 0 Å². The van der Waals surface area contributed by atoms with E-state index in [0.29, 0.717) is 12.2 Å². The number of terminal acetylenes is 1. The molecule has 1 unspecified atom stereocenters. The number of likely N-dealkylation sites (tertiary alicyclic amines) is 1. The van der Waals surface area contributed by atoms with Gasteiger partial charge in [-0.25, -0.2) is 0 Å². The Morgan fingerprint density at radius 1 is 1.08 bits per heavy atom. The van der Waals surface area contributed by atoms with E-state index in [1.807, 2.05) is 18.2 Å². The number of phenols is 1. The van der Waals surface area contributed by atoms with Crippen LogP contribution in [0.2, 0.25) is 0 Å². The molecule has 4 rings (SSSR count). The Morgan fingerprint density at radius 2 is 1.84 bits per heavy atom. The molecule has 1 atom stereocenters. The topological polar surface area (TPSA) is 26.7 Å². The molecule has 0 aromatic heterocycles. The maximum absolute atomic E-state index is 10.7. The number of allylic oxidation sites excluding steroid dienone is 1. The van der Waals surface area contributed by atoms with Gasteiger partial charge in [-0.3, -0.25) is 0 Å². The summed E-state index contributed by atoms with van der Waals surface area (Å²) in [5.74, 6) is 3.87. The van der Waals surface area contributed by atoms with Crippen molar-refractivity contribution in [2.24, 2.45) is 11.3 Å². The summed E-state index contributed by atoms with van der Waals surface area (Å²) in [6, 6.07) is 22.9. The molecule has 198 valence electrons. The Hall–Kier alpha value is -3.48. The highest BCUT2D eigenvalue weighted by molar-refractivity contribution is 5.68. The molecule has 38 heavy (non-hydrogen) atoms. The second kappa shape index (κ2) is 11.9. The molecule has 0 aliphatic carbocycles. The number of aromatic hydroxyl groups is 1. The van der Waals surface area contributed by atoms with Crippen molar-refractivity contribution in [3.05, 3.63) is 95.7 Å². The molecule has 0 bridgehead atoms. The minimum absolute atomic E-state index is 0.126. The molecule has 3 heteroatoms. The first kappa shape index (κ1) is 27.6. The van der Waals surface area contributed by atoms with Crippen molar-refractivity contribution >= 4 is 5.69 Å². The molecule has 0 spiro atoms. The summed E-state index contributed by atoms with van der Waals surface area (Å²) in [5, 5.41) is 10.7. The van der Waals surface area contributed by atoms with E-state index in [0.717, 1.165) is 77.7 Å². The lowest BCUT2D eigenvalue weighted by molar-refractivity contribution is 0.335. The molecule has 3 aromatic rings. The van der Waals surface area contributed by atoms with Crippen LogP contribution in [0.1, 0.15) is 50.8 Å². The monoisotopic (exact) mass is 506 g/mol. The summed E-state index contributed by atoms with van der Waals surface area (Å²) in [5.41, 5.74) is 7.51. The van der Waals surface area contributed by atoms with Gasteiger partial charge < -0.3 is 14.9 Å². The van der Waals surface area contributed by atoms with Crippen LogP contribution in [0.3, 0.4) is 0 Å². The lowest BCUT2D eigenvalue weighted by Gasteiger charge is -2.30. The van der Waals surface area contributed by atoms with Gasteiger partial charge in [0.25, 0.3) is 0 Å². The van der Waals surface area contributed by atoms with Crippen molar-refractivity contribution in [2.75, 3.05) is 31.1 Å². The van der Waals surface area contributed by atoms with Gasteiger partial charge in [-0.05, 0) is 83.3 Å². The summed E-state index contributed by atoms with van der Waals surface area (Å²) in [7, 11) is 0. The smallest absolute Gasteiger partial charge is 0.119 e. The first-order valence-electron chi connectivity index (χ1n) is 13.8. The van der Waals surface area contributed by atoms with Crippen LogP contribution < -0.4 is 4.90 Å². The van der Waals surface area contributed by atoms with E-state index in [1.165, 1.54) is 6.42 Å². The molecule has 1 saturated heterocycles. The maximum Gasteiger partial charge on any atom is 0.119 e. The first-order valence-corrected chi connectivity index (χ1v) is 13.8. The highest BCUT2D eigenvalue weighted by atomic mass is 16.3. The summed E-state index contributed by atoms with van der Waals surface area (Å²) < 4.78 is 0. The number of nitrogens with zero attached hydrogens (tertiary/aromatic N) is 2. The molecular formula is C35H42N2O. The fourth-order valence-electron chi connectivity index (χ4n) is 5.33. The minimum Gasteiger partial charge on any atom is -0.508 e. The second-order valence-electron chi connectivity index (χ2n) is 12.1. The number of hydrogen-bond acceptors (Lipinski definition) is 3. The highest BCUT2D eigenvalue weighted by Crippen LogP contribution is 2.30. The third-order valence-electron chi connectivity index (χ3n) is 7.35. The molecule has 1 aliphatic heterocycles. The zero-order valence-electron chi connectivity index (χ0n) is 23.5. The number of phenolic OH excluding ortho intramolecular Hbond substituents is 1. The normalized spacial score (nSPS) is 15.8. The molecule has 1 N–H and O–H groups in total. The van der Waals surface area contributed by atoms with Crippen molar-refractivity contribution in [1.29, 1.82) is 0 Å².